The number of benzene rings is 1. The largest absolute Gasteiger partial charge is 0.461 e. The van der Waals surface area contributed by atoms with Crippen LogP contribution in [0, 0.1) is 6.92 Å². The Bertz CT molecular complexity index is 798. The van der Waals surface area contributed by atoms with Crippen molar-refractivity contribution >= 4 is 0 Å². The summed E-state index contributed by atoms with van der Waals surface area (Å²) >= 11 is 0. The maximum absolute atomic E-state index is 5.74. The van der Waals surface area contributed by atoms with Gasteiger partial charge >= 0.3 is 0 Å². The Morgan fingerprint density at radius 1 is 1.12 bits per heavy atom. The molecule has 0 unspecified atom stereocenters. The first kappa shape index (κ1) is 17.4. The third-order valence-electron chi connectivity index (χ3n) is 4.27. The number of aromatic nitrogens is 1. The summed E-state index contributed by atoms with van der Waals surface area (Å²) in [6.45, 7) is 3.37. The van der Waals surface area contributed by atoms with E-state index in [4.69, 9.17) is 9.15 Å². The molecule has 25 heavy (non-hydrogen) atoms. The van der Waals surface area contributed by atoms with Crippen LogP contribution in [0.25, 0.3) is 11.3 Å². The average Bonchev–Trinajstić information content (AvgIpc) is 3.07. The predicted octanol–water partition coefficient (Wildman–Crippen LogP) is 4.47. The van der Waals surface area contributed by atoms with E-state index < -0.39 is 0 Å². The van der Waals surface area contributed by atoms with Crippen LogP contribution in [0.2, 0.25) is 0 Å². The Morgan fingerprint density at radius 2 is 2.00 bits per heavy atom. The molecule has 2 aromatic heterocycles. The molecule has 2 heterocycles. The normalized spacial score (nSPS) is 12.5. The van der Waals surface area contributed by atoms with Crippen LogP contribution >= 0.6 is 0 Å². The smallest absolute Gasteiger partial charge is 0.134 e. The lowest BCUT2D eigenvalue weighted by Gasteiger charge is -2.27. The minimum absolute atomic E-state index is 0.112. The fraction of sp³-hybridized carbons (Fsp3) is 0.286. The molecule has 0 fully saturated rings. The van der Waals surface area contributed by atoms with Crippen LogP contribution in [0.4, 0.5) is 0 Å². The summed E-state index contributed by atoms with van der Waals surface area (Å²) in [5.41, 5.74) is 3.34. The monoisotopic (exact) mass is 336 g/mol. The number of hydrogen-bond acceptors (Lipinski definition) is 4. The quantitative estimate of drug-likeness (QED) is 0.638. The number of furan rings is 1. The van der Waals surface area contributed by atoms with Crippen molar-refractivity contribution in [3.05, 3.63) is 77.8 Å². The molecule has 3 rings (SSSR count). The first-order valence-electron chi connectivity index (χ1n) is 8.43. The Morgan fingerprint density at radius 3 is 2.68 bits per heavy atom. The maximum atomic E-state index is 5.74. The SMILES string of the molecule is COC[C@@H](c1ccccn1)N(C)Cc1cccc(-c2ccc(C)o2)c1. The van der Waals surface area contributed by atoms with Crippen molar-refractivity contribution in [1.82, 2.24) is 9.88 Å². The zero-order valence-corrected chi connectivity index (χ0v) is 15.0. The van der Waals surface area contributed by atoms with E-state index in [-0.39, 0.29) is 6.04 Å². The molecule has 0 aliphatic rings. The van der Waals surface area contributed by atoms with Gasteiger partial charge in [0.05, 0.1) is 18.3 Å². The summed E-state index contributed by atoms with van der Waals surface area (Å²) in [6, 6.07) is 18.6. The van der Waals surface area contributed by atoms with Gasteiger partial charge in [-0.05, 0) is 49.9 Å². The van der Waals surface area contributed by atoms with E-state index in [2.05, 4.69) is 41.2 Å². The number of nitrogens with zero attached hydrogens (tertiary/aromatic N) is 2. The number of rotatable bonds is 7. The minimum Gasteiger partial charge on any atom is -0.461 e. The lowest BCUT2D eigenvalue weighted by atomic mass is 10.1. The number of hydrogen-bond donors (Lipinski definition) is 0. The highest BCUT2D eigenvalue weighted by Crippen LogP contribution is 2.25. The van der Waals surface area contributed by atoms with Crippen LogP contribution in [-0.4, -0.2) is 30.6 Å². The molecular weight excluding hydrogens is 312 g/mol. The molecule has 0 N–H and O–H groups in total. The van der Waals surface area contributed by atoms with Crippen molar-refractivity contribution in [3.63, 3.8) is 0 Å². The zero-order valence-electron chi connectivity index (χ0n) is 15.0. The van der Waals surface area contributed by atoms with Gasteiger partial charge in [0.15, 0.2) is 0 Å². The van der Waals surface area contributed by atoms with Crippen LogP contribution in [0.15, 0.2) is 65.2 Å². The summed E-state index contributed by atoms with van der Waals surface area (Å²) in [5, 5.41) is 0. The predicted molar refractivity (Wildman–Crippen MR) is 99.2 cm³/mol. The zero-order chi connectivity index (χ0) is 17.6. The third-order valence-corrected chi connectivity index (χ3v) is 4.27. The number of ether oxygens (including phenoxy) is 1. The van der Waals surface area contributed by atoms with Crippen molar-refractivity contribution < 1.29 is 9.15 Å². The Kier molecular flexibility index (Phi) is 5.64. The Hall–Kier alpha value is -2.43. The van der Waals surface area contributed by atoms with Crippen molar-refractivity contribution in [3.8, 4) is 11.3 Å². The van der Waals surface area contributed by atoms with E-state index in [0.717, 1.165) is 29.3 Å². The molecular formula is C21H24N2O2. The molecule has 0 aliphatic heterocycles. The van der Waals surface area contributed by atoms with E-state index in [9.17, 15) is 0 Å². The highest BCUT2D eigenvalue weighted by atomic mass is 16.5. The highest BCUT2D eigenvalue weighted by Gasteiger charge is 2.18. The fourth-order valence-electron chi connectivity index (χ4n) is 2.98. The van der Waals surface area contributed by atoms with Crippen LogP contribution in [0.3, 0.4) is 0 Å². The summed E-state index contributed by atoms with van der Waals surface area (Å²) in [5.74, 6) is 1.83. The second-order valence-corrected chi connectivity index (χ2v) is 6.25. The molecule has 0 spiro atoms. The first-order valence-corrected chi connectivity index (χ1v) is 8.43. The van der Waals surface area contributed by atoms with Gasteiger partial charge in [-0.15, -0.1) is 0 Å². The van der Waals surface area contributed by atoms with Crippen molar-refractivity contribution in [2.75, 3.05) is 20.8 Å². The molecule has 0 bridgehead atoms. The van der Waals surface area contributed by atoms with Gasteiger partial charge in [-0.1, -0.05) is 24.3 Å². The molecule has 0 amide bonds. The van der Waals surface area contributed by atoms with Crippen LogP contribution in [0.1, 0.15) is 23.1 Å². The van der Waals surface area contributed by atoms with Gasteiger partial charge in [0.1, 0.15) is 11.5 Å². The van der Waals surface area contributed by atoms with E-state index in [1.807, 2.05) is 43.5 Å². The van der Waals surface area contributed by atoms with Crippen LogP contribution < -0.4 is 0 Å². The molecule has 0 radical (unpaired) electrons. The standard InChI is InChI=1S/C21H24N2O2/c1-16-10-11-21(25-16)18-8-6-7-17(13-18)14-23(2)20(15-24-3)19-9-4-5-12-22-19/h4-13,20H,14-15H2,1-3H3/t20-/m0/s1. The Balaban J connectivity index is 1.78. The summed E-state index contributed by atoms with van der Waals surface area (Å²) in [7, 11) is 3.83. The lowest BCUT2D eigenvalue weighted by Crippen LogP contribution is -2.28. The van der Waals surface area contributed by atoms with Crippen LogP contribution in [-0.2, 0) is 11.3 Å². The summed E-state index contributed by atoms with van der Waals surface area (Å²) in [6.07, 6.45) is 1.83. The molecule has 130 valence electrons. The van der Waals surface area contributed by atoms with E-state index in [1.165, 1.54) is 5.56 Å². The van der Waals surface area contributed by atoms with Crippen LogP contribution in [0.5, 0.6) is 0 Å². The number of pyridine rings is 1. The van der Waals surface area contributed by atoms with Crippen molar-refractivity contribution in [2.45, 2.75) is 19.5 Å². The molecule has 3 aromatic rings. The van der Waals surface area contributed by atoms with Gasteiger partial charge in [0.2, 0.25) is 0 Å². The lowest BCUT2D eigenvalue weighted by molar-refractivity contribution is 0.1000. The minimum atomic E-state index is 0.112. The van der Waals surface area contributed by atoms with Crippen molar-refractivity contribution in [2.24, 2.45) is 0 Å². The average molecular weight is 336 g/mol. The van der Waals surface area contributed by atoms with Gasteiger partial charge in [-0.25, -0.2) is 0 Å². The first-order chi connectivity index (χ1) is 12.2. The van der Waals surface area contributed by atoms with Gasteiger partial charge in [0, 0.05) is 25.4 Å². The molecule has 1 aromatic carbocycles. The number of aryl methyl sites for hydroxylation is 1. The molecule has 0 aliphatic carbocycles. The van der Waals surface area contributed by atoms with E-state index >= 15 is 0 Å². The fourth-order valence-corrected chi connectivity index (χ4v) is 2.98. The van der Waals surface area contributed by atoms with Gasteiger partial charge in [-0.2, -0.15) is 0 Å². The van der Waals surface area contributed by atoms with Gasteiger partial charge in [-0.3, -0.25) is 9.88 Å². The second kappa shape index (κ2) is 8.10. The molecule has 4 nitrogen and oxygen atoms in total. The van der Waals surface area contributed by atoms with Gasteiger partial charge < -0.3 is 9.15 Å². The number of methoxy groups -OCH3 is 1. The molecule has 0 saturated carbocycles. The third kappa shape index (κ3) is 4.35. The van der Waals surface area contributed by atoms with Crippen molar-refractivity contribution in [1.29, 1.82) is 0 Å². The summed E-state index contributed by atoms with van der Waals surface area (Å²) in [4.78, 5) is 6.75. The number of likely N-dealkylation sites (N-methyl/N-ethyl adjacent to an activating group) is 1. The molecule has 1 atom stereocenters. The molecule has 0 saturated heterocycles. The Labute approximate surface area is 149 Å². The second-order valence-electron chi connectivity index (χ2n) is 6.25. The molecule has 4 heteroatoms. The van der Waals surface area contributed by atoms with E-state index in [1.54, 1.807) is 7.11 Å². The highest BCUT2D eigenvalue weighted by molar-refractivity contribution is 5.58. The van der Waals surface area contributed by atoms with E-state index in [0.29, 0.717) is 6.61 Å². The van der Waals surface area contributed by atoms with Gasteiger partial charge in [0.25, 0.3) is 0 Å². The topological polar surface area (TPSA) is 38.5 Å². The maximum Gasteiger partial charge on any atom is 0.134 e. The summed E-state index contributed by atoms with van der Waals surface area (Å²) < 4.78 is 11.2.